The second kappa shape index (κ2) is 4.85. The maximum absolute atomic E-state index is 12.2. The van der Waals surface area contributed by atoms with Crippen molar-refractivity contribution in [1.82, 2.24) is 10.0 Å². The quantitative estimate of drug-likeness (QED) is 0.724. The van der Waals surface area contributed by atoms with Gasteiger partial charge in [0.2, 0.25) is 0 Å². The molecular formula is C14H18N2O4. The Balaban J connectivity index is 1.92. The number of hydrogen-bond donors (Lipinski definition) is 0. The van der Waals surface area contributed by atoms with Crippen LogP contribution in [0.25, 0.3) is 0 Å². The molecule has 2 amide bonds. The van der Waals surface area contributed by atoms with Crippen LogP contribution < -0.4 is 0 Å². The lowest BCUT2D eigenvalue weighted by Gasteiger charge is -2.56. The summed E-state index contributed by atoms with van der Waals surface area (Å²) in [6.45, 7) is 4.04. The van der Waals surface area contributed by atoms with Crippen LogP contribution >= 0.6 is 0 Å². The molecule has 0 aromatic heterocycles. The summed E-state index contributed by atoms with van der Waals surface area (Å²) < 4.78 is 10.2. The van der Waals surface area contributed by atoms with Crippen molar-refractivity contribution in [2.75, 3.05) is 13.2 Å². The van der Waals surface area contributed by atoms with Gasteiger partial charge < -0.3 is 9.47 Å². The predicted molar refractivity (Wildman–Crippen MR) is 70.6 cm³/mol. The second-order valence-corrected chi connectivity index (χ2v) is 4.99. The van der Waals surface area contributed by atoms with Gasteiger partial charge in [-0.1, -0.05) is 24.3 Å². The van der Waals surface area contributed by atoms with Crippen molar-refractivity contribution in [3.63, 3.8) is 0 Å². The molecule has 2 aliphatic heterocycles. The van der Waals surface area contributed by atoms with Crippen molar-refractivity contribution in [1.29, 1.82) is 0 Å². The van der Waals surface area contributed by atoms with Crippen LogP contribution in [-0.2, 0) is 9.47 Å². The van der Waals surface area contributed by atoms with E-state index in [0.29, 0.717) is 0 Å². The summed E-state index contributed by atoms with van der Waals surface area (Å²) in [4.78, 5) is 24.4. The SMILES string of the molecule is CCOC(=O)N1[C@H]2C=C[C@@H]([C@H]3C=C[C@H]32)N1C(=O)OCC. The molecule has 0 unspecified atom stereocenters. The van der Waals surface area contributed by atoms with Crippen molar-refractivity contribution >= 4 is 12.2 Å². The molecule has 0 radical (unpaired) electrons. The monoisotopic (exact) mass is 278 g/mol. The van der Waals surface area contributed by atoms with Gasteiger partial charge in [-0.2, -0.15) is 0 Å². The zero-order valence-corrected chi connectivity index (χ0v) is 11.6. The second-order valence-electron chi connectivity index (χ2n) is 4.99. The Labute approximate surface area is 117 Å². The number of rotatable bonds is 2. The molecule has 0 spiro atoms. The summed E-state index contributed by atoms with van der Waals surface area (Å²) >= 11 is 0. The average molecular weight is 278 g/mol. The van der Waals surface area contributed by atoms with Gasteiger partial charge in [-0.05, 0) is 13.8 Å². The number of hydrogen-bond acceptors (Lipinski definition) is 4. The molecule has 4 atom stereocenters. The Kier molecular flexibility index (Phi) is 3.16. The summed E-state index contributed by atoms with van der Waals surface area (Å²) in [6.07, 6.45) is 7.11. The van der Waals surface area contributed by atoms with Crippen LogP contribution in [0.15, 0.2) is 24.3 Å². The van der Waals surface area contributed by atoms with Gasteiger partial charge in [-0.25, -0.2) is 19.6 Å². The molecule has 4 rings (SSSR count). The molecule has 4 aliphatic rings. The number of hydrazine groups is 1. The maximum atomic E-state index is 12.2. The Bertz CT molecular complexity index is 446. The van der Waals surface area contributed by atoms with E-state index in [9.17, 15) is 9.59 Å². The first-order valence-electron chi connectivity index (χ1n) is 6.97. The Morgan fingerprint density at radius 2 is 1.25 bits per heavy atom. The van der Waals surface area contributed by atoms with E-state index in [1.54, 1.807) is 13.8 Å². The van der Waals surface area contributed by atoms with Crippen LogP contribution in [0.1, 0.15) is 13.8 Å². The highest BCUT2D eigenvalue weighted by Gasteiger charge is 2.54. The first-order chi connectivity index (χ1) is 9.69. The van der Waals surface area contributed by atoms with E-state index in [4.69, 9.17) is 9.47 Å². The first-order valence-corrected chi connectivity index (χ1v) is 6.97. The van der Waals surface area contributed by atoms with Gasteiger partial charge in [0.15, 0.2) is 0 Å². The molecule has 1 fully saturated rings. The summed E-state index contributed by atoms with van der Waals surface area (Å²) in [5.41, 5.74) is 0. The van der Waals surface area contributed by atoms with Crippen LogP contribution in [0.5, 0.6) is 0 Å². The molecule has 6 heteroatoms. The molecule has 2 heterocycles. The summed E-state index contributed by atoms with van der Waals surface area (Å²) in [5.74, 6) is 0.528. The third-order valence-electron chi connectivity index (χ3n) is 4.00. The number of ether oxygens (including phenoxy) is 2. The number of fused-ring (bicyclic) bond motifs is 1. The van der Waals surface area contributed by atoms with Gasteiger partial charge in [0.05, 0.1) is 25.3 Å². The zero-order valence-electron chi connectivity index (χ0n) is 11.6. The maximum Gasteiger partial charge on any atom is 0.429 e. The molecule has 0 aromatic rings. The van der Waals surface area contributed by atoms with Crippen LogP contribution in [0.4, 0.5) is 9.59 Å². The Morgan fingerprint density at radius 1 is 0.850 bits per heavy atom. The fourth-order valence-electron chi connectivity index (χ4n) is 3.11. The number of carbonyl (C=O) groups excluding carboxylic acids is 2. The lowest BCUT2D eigenvalue weighted by atomic mass is 9.67. The summed E-state index contributed by atoms with van der Waals surface area (Å²) in [6, 6.07) is -0.336. The highest BCUT2D eigenvalue weighted by atomic mass is 16.6. The van der Waals surface area contributed by atoms with Gasteiger partial charge in [0.1, 0.15) is 0 Å². The lowest BCUT2D eigenvalue weighted by molar-refractivity contribution is -0.110. The molecular weight excluding hydrogens is 260 g/mol. The standard InChI is InChI=1S/C14H18N2O4/c1-3-19-13(17)15-11-7-8-12(10-6-5-9(10)11)16(15)14(18)20-4-2/h5-12H,3-4H2,1-2H3/t9-,10+,11-,12-/m0/s1. The first kappa shape index (κ1) is 13.0. The van der Waals surface area contributed by atoms with Gasteiger partial charge in [0.25, 0.3) is 0 Å². The third-order valence-corrected chi connectivity index (χ3v) is 4.00. The van der Waals surface area contributed by atoms with E-state index in [0.717, 1.165) is 0 Å². The predicted octanol–water partition coefficient (Wildman–Crippen LogP) is 1.94. The van der Waals surface area contributed by atoms with Crippen molar-refractivity contribution in [3.05, 3.63) is 24.3 Å². The highest BCUT2D eigenvalue weighted by Crippen LogP contribution is 2.46. The molecule has 108 valence electrons. The van der Waals surface area contributed by atoms with Gasteiger partial charge in [-0.15, -0.1) is 0 Å². The smallest absolute Gasteiger partial charge is 0.429 e. The largest absolute Gasteiger partial charge is 0.448 e. The molecule has 6 nitrogen and oxygen atoms in total. The van der Waals surface area contributed by atoms with Crippen LogP contribution in [0, 0.1) is 11.8 Å². The minimum atomic E-state index is -0.501. The van der Waals surface area contributed by atoms with E-state index >= 15 is 0 Å². The topological polar surface area (TPSA) is 59.1 Å². The zero-order chi connectivity index (χ0) is 14.3. The van der Waals surface area contributed by atoms with Crippen LogP contribution in [0.3, 0.4) is 0 Å². The van der Waals surface area contributed by atoms with E-state index in [1.165, 1.54) is 10.0 Å². The van der Waals surface area contributed by atoms with Crippen molar-refractivity contribution in [2.45, 2.75) is 25.9 Å². The van der Waals surface area contributed by atoms with Gasteiger partial charge >= 0.3 is 12.2 Å². The molecule has 0 saturated carbocycles. The van der Waals surface area contributed by atoms with Crippen LogP contribution in [-0.4, -0.2) is 47.5 Å². The van der Waals surface area contributed by atoms with Crippen LogP contribution in [0.2, 0.25) is 0 Å². The number of carbonyl (C=O) groups is 2. The fraction of sp³-hybridized carbons (Fsp3) is 0.571. The summed E-state index contributed by atoms with van der Waals surface area (Å²) in [7, 11) is 0. The molecule has 2 bridgehead atoms. The summed E-state index contributed by atoms with van der Waals surface area (Å²) in [5, 5.41) is 2.80. The minimum Gasteiger partial charge on any atom is -0.448 e. The Morgan fingerprint density at radius 3 is 1.55 bits per heavy atom. The van der Waals surface area contributed by atoms with Gasteiger partial charge in [-0.3, -0.25) is 0 Å². The highest BCUT2D eigenvalue weighted by molar-refractivity contribution is 5.76. The average Bonchev–Trinajstić information content (AvgIpc) is 2.38. The molecule has 1 saturated heterocycles. The van der Waals surface area contributed by atoms with Crippen molar-refractivity contribution < 1.29 is 19.1 Å². The minimum absolute atomic E-state index is 0.168. The molecule has 20 heavy (non-hydrogen) atoms. The third kappa shape index (κ3) is 1.71. The molecule has 0 aromatic carbocycles. The number of amides is 2. The normalized spacial score (nSPS) is 32.7. The fourth-order valence-corrected chi connectivity index (χ4v) is 3.11. The lowest BCUT2D eigenvalue weighted by Crippen LogP contribution is -2.70. The van der Waals surface area contributed by atoms with E-state index in [2.05, 4.69) is 12.2 Å². The van der Waals surface area contributed by atoms with Crippen molar-refractivity contribution in [2.24, 2.45) is 11.8 Å². The van der Waals surface area contributed by atoms with E-state index in [1.807, 2.05) is 12.2 Å². The van der Waals surface area contributed by atoms with E-state index in [-0.39, 0.29) is 37.1 Å². The molecule has 0 N–H and O–H groups in total. The van der Waals surface area contributed by atoms with Gasteiger partial charge in [0, 0.05) is 11.8 Å². The molecule has 2 aliphatic carbocycles. The number of nitrogens with zero attached hydrogens (tertiary/aromatic N) is 2. The van der Waals surface area contributed by atoms with Crippen molar-refractivity contribution in [3.8, 4) is 0 Å². The Hall–Kier alpha value is -1.98. The van der Waals surface area contributed by atoms with E-state index < -0.39 is 12.2 Å².